The molecule has 1 amide bonds. The molecule has 0 radical (unpaired) electrons. The molecule has 25 heavy (non-hydrogen) atoms. The van der Waals surface area contributed by atoms with Crippen LogP contribution in [0.3, 0.4) is 0 Å². The van der Waals surface area contributed by atoms with Crippen molar-refractivity contribution >= 4 is 15.9 Å². The largest absolute Gasteiger partial charge is 0.354 e. The minimum Gasteiger partial charge on any atom is -0.354 e. The van der Waals surface area contributed by atoms with Gasteiger partial charge in [-0.3, -0.25) is 9.48 Å². The Kier molecular flexibility index (Phi) is 3.95. The monoisotopic (exact) mass is 366 g/mol. The number of amides is 1. The second-order valence-electron chi connectivity index (χ2n) is 8.06. The molecule has 1 aromatic heterocycles. The van der Waals surface area contributed by atoms with Crippen molar-refractivity contribution < 1.29 is 13.2 Å². The summed E-state index contributed by atoms with van der Waals surface area (Å²) in [5, 5.41) is 7.29. The van der Waals surface area contributed by atoms with E-state index in [1.54, 1.807) is 10.9 Å². The molecule has 0 saturated heterocycles. The number of carbonyl (C=O) groups is 1. The molecule has 2 fully saturated rings. The van der Waals surface area contributed by atoms with Gasteiger partial charge in [-0.15, -0.1) is 0 Å². The van der Waals surface area contributed by atoms with Crippen LogP contribution in [-0.2, 0) is 28.3 Å². The van der Waals surface area contributed by atoms with Crippen LogP contribution in [0, 0.1) is 11.3 Å². The van der Waals surface area contributed by atoms with E-state index in [4.69, 9.17) is 0 Å². The third-order valence-corrected chi connectivity index (χ3v) is 7.18. The first-order chi connectivity index (χ1) is 11.8. The average molecular weight is 366 g/mol. The predicted molar refractivity (Wildman–Crippen MR) is 93.2 cm³/mol. The molecule has 1 aliphatic heterocycles. The second kappa shape index (κ2) is 5.81. The predicted octanol–water partition coefficient (Wildman–Crippen LogP) is 0.975. The Morgan fingerprint density at radius 3 is 2.72 bits per heavy atom. The first-order valence-electron chi connectivity index (χ1n) is 9.04. The second-order valence-corrected chi connectivity index (χ2v) is 10.00. The number of fused-ring (bicyclic) bond motifs is 1. The molecule has 1 N–H and O–H groups in total. The van der Waals surface area contributed by atoms with Gasteiger partial charge in [-0.2, -0.15) is 9.40 Å². The summed E-state index contributed by atoms with van der Waals surface area (Å²) in [6.07, 6.45) is 9.56. The van der Waals surface area contributed by atoms with Crippen LogP contribution in [0.4, 0.5) is 0 Å². The molecule has 1 atom stereocenters. The van der Waals surface area contributed by atoms with Crippen molar-refractivity contribution in [2.24, 2.45) is 18.4 Å². The van der Waals surface area contributed by atoms with Gasteiger partial charge in [0.1, 0.15) is 6.04 Å². The summed E-state index contributed by atoms with van der Waals surface area (Å²) in [6, 6.07) is -0.802. The fraction of sp³-hybridized carbons (Fsp3) is 0.765. The molecule has 2 aliphatic carbocycles. The lowest BCUT2D eigenvalue weighted by molar-refractivity contribution is -0.125. The summed E-state index contributed by atoms with van der Waals surface area (Å²) in [7, 11) is -1.63. The Morgan fingerprint density at radius 2 is 2.12 bits per heavy atom. The number of rotatable bonds is 6. The van der Waals surface area contributed by atoms with Crippen LogP contribution in [0.15, 0.2) is 6.20 Å². The normalized spacial score (nSPS) is 25.4. The van der Waals surface area contributed by atoms with Crippen LogP contribution in [0.2, 0.25) is 0 Å². The zero-order valence-electron chi connectivity index (χ0n) is 14.9. The Bertz CT molecular complexity index is 793. The van der Waals surface area contributed by atoms with E-state index in [9.17, 15) is 13.2 Å². The molecule has 138 valence electrons. The van der Waals surface area contributed by atoms with Crippen molar-refractivity contribution in [2.45, 2.75) is 44.6 Å². The number of carbonyl (C=O) groups excluding carboxylic acids is 1. The minimum absolute atomic E-state index is 0.221. The minimum atomic E-state index is -3.47. The van der Waals surface area contributed by atoms with Crippen LogP contribution >= 0.6 is 0 Å². The Balaban J connectivity index is 1.53. The maximum absolute atomic E-state index is 12.9. The lowest BCUT2D eigenvalue weighted by Gasteiger charge is -2.33. The van der Waals surface area contributed by atoms with Gasteiger partial charge in [0.05, 0.1) is 12.5 Å². The molecule has 0 spiro atoms. The van der Waals surface area contributed by atoms with Gasteiger partial charge in [-0.1, -0.05) is 12.8 Å². The fourth-order valence-corrected chi connectivity index (χ4v) is 5.09. The number of nitrogens with one attached hydrogen (secondary N) is 1. The van der Waals surface area contributed by atoms with Crippen molar-refractivity contribution in [1.29, 1.82) is 0 Å². The lowest BCUT2D eigenvalue weighted by atomic mass is 9.97. The average Bonchev–Trinajstić information content (AvgIpc) is 3.47. The molecule has 0 aromatic carbocycles. The number of aryl methyl sites for hydroxylation is 1. The molecule has 8 heteroatoms. The number of sulfonamides is 1. The summed E-state index contributed by atoms with van der Waals surface area (Å²) in [5.41, 5.74) is 1.92. The van der Waals surface area contributed by atoms with E-state index < -0.39 is 16.1 Å². The molecular formula is C17H26N4O3S. The van der Waals surface area contributed by atoms with E-state index in [1.807, 2.05) is 7.05 Å². The van der Waals surface area contributed by atoms with E-state index >= 15 is 0 Å². The van der Waals surface area contributed by atoms with Crippen molar-refractivity contribution in [3.8, 4) is 0 Å². The van der Waals surface area contributed by atoms with Crippen LogP contribution in [0.25, 0.3) is 0 Å². The lowest BCUT2D eigenvalue weighted by Crippen LogP contribution is -2.47. The van der Waals surface area contributed by atoms with Crippen molar-refractivity contribution in [1.82, 2.24) is 19.4 Å². The summed E-state index contributed by atoms with van der Waals surface area (Å²) < 4.78 is 27.5. The van der Waals surface area contributed by atoms with Crippen LogP contribution < -0.4 is 5.32 Å². The van der Waals surface area contributed by atoms with E-state index in [0.717, 1.165) is 11.6 Å². The van der Waals surface area contributed by atoms with Crippen molar-refractivity contribution in [3.05, 3.63) is 17.5 Å². The van der Waals surface area contributed by atoms with Gasteiger partial charge in [-0.25, -0.2) is 8.42 Å². The molecule has 7 nitrogen and oxygen atoms in total. The van der Waals surface area contributed by atoms with Crippen LogP contribution in [0.5, 0.6) is 0 Å². The summed E-state index contributed by atoms with van der Waals surface area (Å²) in [4.78, 5) is 12.9. The first kappa shape index (κ1) is 17.0. The number of nitrogens with zero attached hydrogens (tertiary/aromatic N) is 3. The van der Waals surface area contributed by atoms with E-state index in [2.05, 4.69) is 10.4 Å². The highest BCUT2D eigenvalue weighted by atomic mass is 32.2. The summed E-state index contributed by atoms with van der Waals surface area (Å²) in [5.74, 6) is 0.618. The summed E-state index contributed by atoms with van der Waals surface area (Å²) in [6.45, 7) is 0.975. The highest BCUT2D eigenvalue weighted by molar-refractivity contribution is 7.88. The maximum Gasteiger partial charge on any atom is 0.243 e. The molecule has 4 rings (SSSR count). The molecule has 3 aliphatic rings. The quantitative estimate of drug-likeness (QED) is 0.813. The van der Waals surface area contributed by atoms with Gasteiger partial charge in [-0.05, 0) is 30.6 Å². The van der Waals surface area contributed by atoms with Crippen LogP contribution in [0.1, 0.15) is 49.4 Å². The van der Waals surface area contributed by atoms with E-state index in [0.29, 0.717) is 25.1 Å². The zero-order valence-corrected chi connectivity index (χ0v) is 15.7. The van der Waals surface area contributed by atoms with Gasteiger partial charge in [0.2, 0.25) is 15.9 Å². The molecule has 2 heterocycles. The van der Waals surface area contributed by atoms with Gasteiger partial charge in [0, 0.05) is 37.8 Å². The first-order valence-corrected chi connectivity index (χ1v) is 10.9. The molecular weight excluding hydrogens is 340 g/mol. The van der Waals surface area contributed by atoms with Gasteiger partial charge < -0.3 is 5.32 Å². The van der Waals surface area contributed by atoms with E-state index in [1.165, 1.54) is 42.7 Å². The standard InChI is InChI=1S/C17H26N4O3S/c1-20-14-5-8-21(25(2,23)24)15(13(14)10-19-20)16(22)18-11-17(6-7-17)9-12-3-4-12/h10,12,15H,3-9,11H2,1-2H3,(H,18,22). The third-order valence-electron chi connectivity index (χ3n) is 5.93. The van der Waals surface area contributed by atoms with Crippen LogP contribution in [-0.4, -0.2) is 47.8 Å². The third kappa shape index (κ3) is 3.33. The maximum atomic E-state index is 12.9. The van der Waals surface area contributed by atoms with Crippen molar-refractivity contribution in [2.75, 3.05) is 19.3 Å². The molecule has 0 bridgehead atoms. The SMILES string of the molecule is Cn1ncc2c1CCN(S(C)(=O)=O)C2C(=O)NCC1(CC2CC2)CC1. The summed E-state index contributed by atoms with van der Waals surface area (Å²) >= 11 is 0. The van der Waals surface area contributed by atoms with Crippen molar-refractivity contribution in [3.63, 3.8) is 0 Å². The Morgan fingerprint density at radius 1 is 1.40 bits per heavy atom. The van der Waals surface area contributed by atoms with Gasteiger partial charge in [0.15, 0.2) is 0 Å². The number of hydrogen-bond acceptors (Lipinski definition) is 4. The highest BCUT2D eigenvalue weighted by Gasteiger charge is 2.47. The Hall–Kier alpha value is -1.41. The van der Waals surface area contributed by atoms with E-state index in [-0.39, 0.29) is 11.3 Å². The topological polar surface area (TPSA) is 84.3 Å². The van der Waals surface area contributed by atoms with Gasteiger partial charge in [0.25, 0.3) is 0 Å². The molecule has 1 aromatic rings. The number of hydrogen-bond donors (Lipinski definition) is 1. The fourth-order valence-electron chi connectivity index (χ4n) is 4.08. The molecule has 1 unspecified atom stereocenters. The zero-order chi connectivity index (χ0) is 17.8. The van der Waals surface area contributed by atoms with Gasteiger partial charge >= 0.3 is 0 Å². The highest BCUT2D eigenvalue weighted by Crippen LogP contribution is 2.54. The number of aromatic nitrogens is 2. The Labute approximate surface area is 148 Å². The smallest absolute Gasteiger partial charge is 0.243 e. The molecule has 2 saturated carbocycles.